The summed E-state index contributed by atoms with van der Waals surface area (Å²) in [5.41, 5.74) is 5.67. The average molecular weight is 516 g/mol. The summed E-state index contributed by atoms with van der Waals surface area (Å²) in [4.78, 5) is 18.0. The van der Waals surface area contributed by atoms with E-state index in [1.807, 2.05) is 12.1 Å². The smallest absolute Gasteiger partial charge is 0.137 e. The molecule has 4 aromatic rings. The van der Waals surface area contributed by atoms with Crippen molar-refractivity contribution in [3.8, 4) is 11.1 Å². The van der Waals surface area contributed by atoms with Crippen molar-refractivity contribution in [2.24, 2.45) is 0 Å². The molecule has 0 radical (unpaired) electrons. The SMILES string of the molecule is Cc1cc(F)ccc1-c1cccnc1[C@@H](CC(=O)CC1=CCc2ccc(F)cc21)Cc1cc(F)cc(F)c1. The van der Waals surface area contributed by atoms with E-state index in [1.54, 1.807) is 31.3 Å². The minimum absolute atomic E-state index is 0.0599. The van der Waals surface area contributed by atoms with Crippen molar-refractivity contribution in [3.05, 3.63) is 130 Å². The van der Waals surface area contributed by atoms with Crippen molar-refractivity contribution in [2.45, 2.75) is 38.5 Å². The molecule has 1 heterocycles. The number of halogens is 4. The molecular formula is C32H25F4NO. The number of carbonyl (C=O) groups is 1. The Hall–Kier alpha value is -4.06. The minimum atomic E-state index is -0.699. The molecule has 1 aliphatic rings. The van der Waals surface area contributed by atoms with E-state index in [0.717, 1.165) is 33.9 Å². The first-order chi connectivity index (χ1) is 18.3. The van der Waals surface area contributed by atoms with Crippen LogP contribution in [-0.2, 0) is 17.6 Å². The first-order valence-corrected chi connectivity index (χ1v) is 12.4. The van der Waals surface area contributed by atoms with Crippen LogP contribution in [0.2, 0.25) is 0 Å². The number of Topliss-reactive ketones (excluding diaryl/α,β-unsaturated/α-hetero) is 1. The molecule has 0 N–H and O–H groups in total. The molecule has 5 rings (SSSR count). The van der Waals surface area contributed by atoms with E-state index in [1.165, 1.54) is 36.4 Å². The van der Waals surface area contributed by atoms with E-state index < -0.39 is 17.6 Å². The molecule has 0 unspecified atom stereocenters. The summed E-state index contributed by atoms with van der Waals surface area (Å²) in [5.74, 6) is -2.71. The van der Waals surface area contributed by atoms with Crippen molar-refractivity contribution in [1.29, 1.82) is 0 Å². The predicted molar refractivity (Wildman–Crippen MR) is 139 cm³/mol. The van der Waals surface area contributed by atoms with Gasteiger partial charge in [0.25, 0.3) is 0 Å². The fourth-order valence-corrected chi connectivity index (χ4v) is 5.27. The van der Waals surface area contributed by atoms with Crippen molar-refractivity contribution in [2.75, 3.05) is 0 Å². The largest absolute Gasteiger partial charge is 0.299 e. The van der Waals surface area contributed by atoms with Gasteiger partial charge in [-0.2, -0.15) is 0 Å². The third kappa shape index (κ3) is 5.59. The number of hydrogen-bond acceptors (Lipinski definition) is 2. The number of benzene rings is 3. The summed E-state index contributed by atoms with van der Waals surface area (Å²) in [6.07, 6.45) is 4.53. The Bertz CT molecular complexity index is 1540. The molecule has 0 spiro atoms. The highest BCUT2D eigenvalue weighted by molar-refractivity contribution is 5.92. The summed E-state index contributed by atoms with van der Waals surface area (Å²) in [6, 6.07) is 16.0. The Morgan fingerprint density at radius 2 is 1.58 bits per heavy atom. The third-order valence-corrected chi connectivity index (χ3v) is 6.96. The van der Waals surface area contributed by atoms with E-state index in [-0.39, 0.29) is 36.7 Å². The number of hydrogen-bond donors (Lipinski definition) is 0. The maximum absolute atomic E-state index is 14.0. The zero-order valence-electron chi connectivity index (χ0n) is 20.8. The molecular weight excluding hydrogens is 490 g/mol. The molecule has 1 atom stereocenters. The molecule has 38 heavy (non-hydrogen) atoms. The van der Waals surface area contributed by atoms with Crippen molar-refractivity contribution < 1.29 is 22.4 Å². The van der Waals surface area contributed by atoms with Gasteiger partial charge in [0.15, 0.2) is 0 Å². The molecule has 0 amide bonds. The first kappa shape index (κ1) is 25.6. The summed E-state index contributed by atoms with van der Waals surface area (Å²) in [5, 5.41) is 0. The minimum Gasteiger partial charge on any atom is -0.299 e. The van der Waals surface area contributed by atoms with Gasteiger partial charge in [0.2, 0.25) is 0 Å². The van der Waals surface area contributed by atoms with E-state index in [9.17, 15) is 22.4 Å². The van der Waals surface area contributed by atoms with Crippen LogP contribution in [0.15, 0.2) is 79.0 Å². The van der Waals surface area contributed by atoms with Gasteiger partial charge in [-0.1, -0.05) is 24.3 Å². The van der Waals surface area contributed by atoms with Gasteiger partial charge in [0, 0.05) is 36.6 Å². The van der Waals surface area contributed by atoms with Crippen LogP contribution in [0.1, 0.15) is 46.7 Å². The van der Waals surface area contributed by atoms with Gasteiger partial charge in [0.05, 0.1) is 5.69 Å². The molecule has 192 valence electrons. The number of fused-ring (bicyclic) bond motifs is 1. The Balaban J connectivity index is 1.49. The highest BCUT2D eigenvalue weighted by Crippen LogP contribution is 2.36. The molecule has 0 aliphatic heterocycles. The van der Waals surface area contributed by atoms with Gasteiger partial charge in [-0.25, -0.2) is 17.6 Å². The molecule has 0 saturated carbocycles. The van der Waals surface area contributed by atoms with E-state index >= 15 is 0 Å². The summed E-state index contributed by atoms with van der Waals surface area (Å²) in [6.45, 7) is 1.79. The lowest BCUT2D eigenvalue weighted by molar-refractivity contribution is -0.118. The Kier molecular flexibility index (Phi) is 7.23. The van der Waals surface area contributed by atoms with E-state index in [2.05, 4.69) is 4.98 Å². The number of aromatic nitrogens is 1. The second-order valence-corrected chi connectivity index (χ2v) is 9.73. The van der Waals surface area contributed by atoms with Gasteiger partial charge < -0.3 is 0 Å². The van der Waals surface area contributed by atoms with Gasteiger partial charge in [-0.3, -0.25) is 9.78 Å². The zero-order valence-corrected chi connectivity index (χ0v) is 20.8. The zero-order chi connectivity index (χ0) is 26.8. The summed E-state index contributed by atoms with van der Waals surface area (Å²) in [7, 11) is 0. The first-order valence-electron chi connectivity index (χ1n) is 12.4. The van der Waals surface area contributed by atoms with E-state index in [0.29, 0.717) is 23.2 Å². The van der Waals surface area contributed by atoms with Gasteiger partial charge >= 0.3 is 0 Å². The highest BCUT2D eigenvalue weighted by atomic mass is 19.1. The van der Waals surface area contributed by atoms with Crippen molar-refractivity contribution >= 4 is 11.4 Å². The highest BCUT2D eigenvalue weighted by Gasteiger charge is 2.25. The topological polar surface area (TPSA) is 30.0 Å². The Labute approximate surface area is 218 Å². The Morgan fingerprint density at radius 3 is 2.34 bits per heavy atom. The summed E-state index contributed by atoms with van der Waals surface area (Å²) >= 11 is 0. The second kappa shape index (κ2) is 10.7. The van der Waals surface area contributed by atoms with Crippen LogP contribution in [0.25, 0.3) is 16.7 Å². The quantitative estimate of drug-likeness (QED) is 0.223. The van der Waals surface area contributed by atoms with Crippen LogP contribution < -0.4 is 0 Å². The van der Waals surface area contributed by atoms with Crippen molar-refractivity contribution in [3.63, 3.8) is 0 Å². The van der Waals surface area contributed by atoms with Crippen LogP contribution in [0.3, 0.4) is 0 Å². The molecule has 0 saturated heterocycles. The lowest BCUT2D eigenvalue weighted by Crippen LogP contribution is -2.13. The maximum atomic E-state index is 14.0. The number of allylic oxidation sites excluding steroid dienone is 2. The molecule has 1 aromatic heterocycles. The standard InChI is InChI=1S/C32H25F4NO/c1-19-11-24(33)8-9-29(19)30-3-2-10-37-32(30)23(12-20-13-26(35)17-27(36)14-20)16-28(38)15-22-5-4-21-6-7-25(34)18-31(21)22/h2-3,5-11,13-14,17-18,23H,4,12,15-16H2,1H3/t23-/m1/s1. The molecule has 0 fully saturated rings. The normalized spacial score (nSPS) is 13.2. The maximum Gasteiger partial charge on any atom is 0.137 e. The molecule has 2 nitrogen and oxygen atoms in total. The number of pyridine rings is 1. The number of aryl methyl sites for hydroxylation is 1. The van der Waals surface area contributed by atoms with Gasteiger partial charge in [-0.05, 0) is 95.6 Å². The third-order valence-electron chi connectivity index (χ3n) is 6.96. The molecule has 3 aromatic carbocycles. The summed E-state index contributed by atoms with van der Waals surface area (Å²) < 4.78 is 55.7. The van der Waals surface area contributed by atoms with Crippen LogP contribution >= 0.6 is 0 Å². The number of ketones is 1. The van der Waals surface area contributed by atoms with Crippen LogP contribution in [0, 0.1) is 30.2 Å². The van der Waals surface area contributed by atoms with Crippen LogP contribution in [0.5, 0.6) is 0 Å². The fraction of sp³-hybridized carbons (Fsp3) is 0.188. The lowest BCUT2D eigenvalue weighted by Gasteiger charge is -2.21. The number of rotatable bonds is 8. The number of carbonyl (C=O) groups excluding carboxylic acids is 1. The Morgan fingerprint density at radius 1 is 0.842 bits per heavy atom. The van der Waals surface area contributed by atoms with Crippen LogP contribution in [-0.4, -0.2) is 10.8 Å². The number of nitrogens with zero attached hydrogens (tertiary/aromatic N) is 1. The van der Waals surface area contributed by atoms with Crippen LogP contribution in [0.4, 0.5) is 17.6 Å². The second-order valence-electron chi connectivity index (χ2n) is 9.73. The van der Waals surface area contributed by atoms with Gasteiger partial charge in [-0.15, -0.1) is 0 Å². The average Bonchev–Trinajstić information content (AvgIpc) is 3.24. The monoisotopic (exact) mass is 515 g/mol. The fourth-order valence-electron chi connectivity index (χ4n) is 5.27. The lowest BCUT2D eigenvalue weighted by atomic mass is 9.85. The molecule has 6 heteroatoms. The molecule has 1 aliphatic carbocycles. The van der Waals surface area contributed by atoms with E-state index in [4.69, 9.17) is 0 Å². The van der Waals surface area contributed by atoms with Crippen molar-refractivity contribution in [1.82, 2.24) is 4.98 Å². The molecule has 0 bridgehead atoms. The predicted octanol–water partition coefficient (Wildman–Crippen LogP) is 7.93. The van der Waals surface area contributed by atoms with Gasteiger partial charge in [0.1, 0.15) is 29.1 Å².